The second-order valence-corrected chi connectivity index (χ2v) is 9.92. The molecule has 0 aliphatic carbocycles. The Morgan fingerprint density at radius 3 is 2.76 bits per heavy atom. The van der Waals surface area contributed by atoms with Crippen LogP contribution < -0.4 is 21.7 Å². The summed E-state index contributed by atoms with van der Waals surface area (Å²) in [7, 11) is 1.61. The van der Waals surface area contributed by atoms with Crippen LogP contribution in [0.25, 0.3) is 11.0 Å². The van der Waals surface area contributed by atoms with Crippen molar-refractivity contribution in [2.24, 2.45) is 16.1 Å². The largest absolute Gasteiger partial charge is 0.401 e. The Balaban J connectivity index is 1.57. The highest BCUT2D eigenvalue weighted by Crippen LogP contribution is 2.26. The monoisotopic (exact) mass is 503 g/mol. The summed E-state index contributed by atoms with van der Waals surface area (Å²) in [6, 6.07) is 5.55. The molecule has 4 rings (SSSR count). The van der Waals surface area contributed by atoms with Gasteiger partial charge >= 0.3 is 0 Å². The van der Waals surface area contributed by atoms with Crippen molar-refractivity contribution in [3.63, 3.8) is 0 Å². The highest BCUT2D eigenvalue weighted by molar-refractivity contribution is 6.10. The van der Waals surface area contributed by atoms with Crippen molar-refractivity contribution in [1.29, 1.82) is 0 Å². The molecule has 3 heterocycles. The highest BCUT2D eigenvalue weighted by Gasteiger charge is 2.18. The molecule has 1 aliphatic heterocycles. The first-order chi connectivity index (χ1) is 17.6. The molecule has 5 N–H and O–H groups in total. The molecule has 0 radical (unpaired) electrons. The van der Waals surface area contributed by atoms with E-state index in [-0.39, 0.29) is 17.4 Å². The number of nitrogens with two attached hydrogens (primary N) is 1. The predicted molar refractivity (Wildman–Crippen MR) is 145 cm³/mol. The lowest BCUT2D eigenvalue weighted by molar-refractivity contribution is 0.0977. The van der Waals surface area contributed by atoms with Gasteiger partial charge in [-0.15, -0.1) is 0 Å². The van der Waals surface area contributed by atoms with Crippen molar-refractivity contribution >= 4 is 40.2 Å². The number of aliphatic imine (C=N–C) groups is 1. The zero-order chi connectivity index (χ0) is 26.6. The summed E-state index contributed by atoms with van der Waals surface area (Å²) >= 11 is 0. The van der Waals surface area contributed by atoms with Crippen molar-refractivity contribution in [2.75, 3.05) is 30.9 Å². The van der Waals surface area contributed by atoms with Gasteiger partial charge in [-0.05, 0) is 37.1 Å². The van der Waals surface area contributed by atoms with Gasteiger partial charge < -0.3 is 26.4 Å². The summed E-state index contributed by atoms with van der Waals surface area (Å²) in [6.07, 6.45) is 5.69. The molecule has 0 bridgehead atoms. The maximum Gasteiger partial charge on any atom is 0.256 e. The molecule has 194 valence electrons. The normalized spacial score (nSPS) is 16.6. The van der Waals surface area contributed by atoms with Crippen LogP contribution in [0.5, 0.6) is 0 Å². The molecule has 1 saturated heterocycles. The minimum atomic E-state index is -0.304. The second kappa shape index (κ2) is 10.9. The SMILES string of the molecule is CN=C(C=C(N)C(C)(C)C)NC(=O)c1ccc(C)c(Nc2ncnc3cnc(NC4CCOC4)nc23)c1. The van der Waals surface area contributed by atoms with Crippen LogP contribution in [-0.4, -0.2) is 58.0 Å². The number of benzene rings is 1. The Bertz CT molecular complexity index is 1360. The molecule has 1 fully saturated rings. The van der Waals surface area contributed by atoms with Crippen LogP contribution in [-0.2, 0) is 4.74 Å². The Kier molecular flexibility index (Phi) is 7.63. The highest BCUT2D eigenvalue weighted by atomic mass is 16.5. The van der Waals surface area contributed by atoms with Crippen LogP contribution in [0.15, 0.2) is 47.5 Å². The number of amides is 1. The molecule has 3 aromatic rings. The fraction of sp³-hybridized carbons (Fsp3) is 0.385. The molecule has 0 saturated carbocycles. The Morgan fingerprint density at radius 1 is 1.24 bits per heavy atom. The van der Waals surface area contributed by atoms with E-state index in [9.17, 15) is 4.79 Å². The van der Waals surface area contributed by atoms with Crippen LogP contribution in [0, 0.1) is 12.3 Å². The van der Waals surface area contributed by atoms with Gasteiger partial charge in [-0.1, -0.05) is 26.8 Å². The molecule has 37 heavy (non-hydrogen) atoms. The summed E-state index contributed by atoms with van der Waals surface area (Å²) in [5, 5.41) is 9.44. The first kappa shape index (κ1) is 26.0. The minimum absolute atomic E-state index is 0.168. The van der Waals surface area contributed by atoms with E-state index in [0.717, 1.165) is 18.6 Å². The van der Waals surface area contributed by atoms with E-state index in [0.29, 0.717) is 52.2 Å². The van der Waals surface area contributed by atoms with Gasteiger partial charge in [0, 0.05) is 36.0 Å². The summed E-state index contributed by atoms with van der Waals surface area (Å²) in [4.78, 5) is 34.9. The number of aryl methyl sites for hydroxylation is 1. The van der Waals surface area contributed by atoms with Crippen LogP contribution in [0.1, 0.15) is 43.1 Å². The summed E-state index contributed by atoms with van der Waals surface area (Å²) in [6.45, 7) is 9.27. The van der Waals surface area contributed by atoms with Gasteiger partial charge in [0.1, 0.15) is 23.2 Å². The van der Waals surface area contributed by atoms with E-state index >= 15 is 0 Å². The van der Waals surface area contributed by atoms with Crippen LogP contribution in [0.3, 0.4) is 0 Å². The molecular weight excluding hydrogens is 470 g/mol. The lowest BCUT2D eigenvalue weighted by atomic mass is 9.92. The maximum absolute atomic E-state index is 13.0. The van der Waals surface area contributed by atoms with Gasteiger partial charge in [0.05, 0.1) is 18.8 Å². The fourth-order valence-corrected chi connectivity index (χ4v) is 3.58. The summed E-state index contributed by atoms with van der Waals surface area (Å²) in [5.74, 6) is 1.08. The average Bonchev–Trinajstić information content (AvgIpc) is 3.37. The van der Waals surface area contributed by atoms with Crippen LogP contribution in [0.2, 0.25) is 0 Å². The minimum Gasteiger partial charge on any atom is -0.401 e. The smallest absolute Gasteiger partial charge is 0.256 e. The molecule has 1 unspecified atom stereocenters. The summed E-state index contributed by atoms with van der Waals surface area (Å²) < 4.78 is 5.42. The van der Waals surface area contributed by atoms with E-state index in [2.05, 4.69) is 40.9 Å². The van der Waals surface area contributed by atoms with Crippen molar-refractivity contribution in [3.8, 4) is 0 Å². The number of anilines is 3. The number of ether oxygens (including phenoxy) is 1. The van der Waals surface area contributed by atoms with E-state index in [1.165, 1.54) is 6.33 Å². The average molecular weight is 504 g/mol. The Morgan fingerprint density at radius 2 is 2.05 bits per heavy atom. The van der Waals surface area contributed by atoms with Gasteiger partial charge in [0.25, 0.3) is 5.91 Å². The van der Waals surface area contributed by atoms with E-state index in [1.807, 2.05) is 33.8 Å². The van der Waals surface area contributed by atoms with E-state index in [1.54, 1.807) is 31.5 Å². The standard InChI is InChI=1S/C26H33N9O2/c1-15-6-7-16(24(36)34-21(28-5)11-20(27)26(2,3)4)10-18(15)33-23-22-19(30-14-31-23)12-29-25(35-22)32-17-8-9-37-13-17/h6-7,10-12,14,17H,8-9,13,27H2,1-5H3,(H,28,34,36)(H,29,32,35)(H,30,31,33). The molecule has 11 heteroatoms. The number of hydrogen-bond donors (Lipinski definition) is 4. The Hall–Kier alpha value is -4.12. The molecule has 1 aliphatic rings. The van der Waals surface area contributed by atoms with Crippen molar-refractivity contribution < 1.29 is 9.53 Å². The van der Waals surface area contributed by atoms with Gasteiger partial charge in [0.2, 0.25) is 5.95 Å². The van der Waals surface area contributed by atoms with Gasteiger partial charge in [0.15, 0.2) is 5.82 Å². The molecule has 1 atom stereocenters. The lowest BCUT2D eigenvalue weighted by Crippen LogP contribution is -2.31. The Labute approximate surface area is 216 Å². The van der Waals surface area contributed by atoms with Crippen LogP contribution in [0.4, 0.5) is 17.5 Å². The number of allylic oxidation sites excluding steroid dienone is 1. The topological polar surface area (TPSA) is 152 Å². The predicted octanol–water partition coefficient (Wildman–Crippen LogP) is 3.32. The molecule has 0 spiro atoms. The number of aromatic nitrogens is 4. The van der Waals surface area contributed by atoms with Crippen molar-refractivity contribution in [1.82, 2.24) is 25.3 Å². The quantitative estimate of drug-likeness (QED) is 0.293. The first-order valence-corrected chi connectivity index (χ1v) is 12.1. The molecular formula is C26H33N9O2. The maximum atomic E-state index is 13.0. The first-order valence-electron chi connectivity index (χ1n) is 12.1. The number of amidine groups is 1. The van der Waals surface area contributed by atoms with Gasteiger partial charge in [-0.2, -0.15) is 0 Å². The van der Waals surface area contributed by atoms with Crippen molar-refractivity contribution in [3.05, 3.63) is 53.6 Å². The number of rotatable bonds is 6. The fourth-order valence-electron chi connectivity index (χ4n) is 3.58. The van der Waals surface area contributed by atoms with E-state index in [4.69, 9.17) is 10.5 Å². The lowest BCUT2D eigenvalue weighted by Gasteiger charge is -2.19. The molecule has 1 aromatic carbocycles. The summed E-state index contributed by atoms with van der Waals surface area (Å²) in [5.41, 5.74) is 9.79. The molecule has 11 nitrogen and oxygen atoms in total. The third-order valence-electron chi connectivity index (χ3n) is 6.03. The third kappa shape index (κ3) is 6.36. The number of nitrogens with zero attached hydrogens (tertiary/aromatic N) is 5. The van der Waals surface area contributed by atoms with E-state index < -0.39 is 0 Å². The number of carbonyl (C=O) groups excluding carboxylic acids is 1. The zero-order valence-electron chi connectivity index (χ0n) is 21.8. The zero-order valence-corrected chi connectivity index (χ0v) is 21.8. The van der Waals surface area contributed by atoms with Crippen molar-refractivity contribution in [2.45, 2.75) is 40.2 Å². The second-order valence-electron chi connectivity index (χ2n) is 9.92. The number of carbonyl (C=O) groups is 1. The van der Waals surface area contributed by atoms with Gasteiger partial charge in [-0.3, -0.25) is 9.79 Å². The van der Waals surface area contributed by atoms with Gasteiger partial charge in [-0.25, -0.2) is 19.9 Å². The number of hydrogen-bond acceptors (Lipinski definition) is 10. The number of fused-ring (bicyclic) bond motifs is 1. The van der Waals surface area contributed by atoms with Crippen LogP contribution >= 0.6 is 0 Å². The number of nitrogens with one attached hydrogen (secondary N) is 3. The molecule has 2 aromatic heterocycles. The third-order valence-corrected chi connectivity index (χ3v) is 6.03. The molecule has 1 amide bonds.